The van der Waals surface area contributed by atoms with Crippen molar-refractivity contribution in [1.29, 1.82) is 0 Å². The number of carboxylic acids is 2. The Kier molecular flexibility index (Phi) is 7.39. The minimum absolute atomic E-state index is 0.0842. The van der Waals surface area contributed by atoms with Crippen molar-refractivity contribution in [1.82, 2.24) is 9.47 Å². The average molecular weight is 488 g/mol. The summed E-state index contributed by atoms with van der Waals surface area (Å²) < 4.78 is 0.414. The molecule has 1 aliphatic heterocycles. The van der Waals surface area contributed by atoms with Crippen molar-refractivity contribution in [3.63, 3.8) is 0 Å². The predicted octanol–water partition coefficient (Wildman–Crippen LogP) is -1.76. The molecular formula is C21H20N4O10. The van der Waals surface area contributed by atoms with Crippen LogP contribution in [0.5, 0.6) is 5.88 Å². The third-order valence-corrected chi connectivity index (χ3v) is 5.05. The number of amides is 4. The lowest BCUT2D eigenvalue weighted by molar-refractivity contribution is -0.150. The van der Waals surface area contributed by atoms with Gasteiger partial charge in [0.15, 0.2) is 0 Å². The van der Waals surface area contributed by atoms with E-state index in [0.29, 0.717) is 9.47 Å². The van der Waals surface area contributed by atoms with Gasteiger partial charge in [0.05, 0.1) is 0 Å². The molecule has 0 saturated carbocycles. The minimum Gasteiger partial charge on any atom is -0.494 e. The molecule has 0 atom stereocenters. The lowest BCUT2D eigenvalue weighted by atomic mass is 9.93. The monoisotopic (exact) mass is 488 g/mol. The summed E-state index contributed by atoms with van der Waals surface area (Å²) in [5.41, 5.74) is 7.60. The average Bonchev–Trinajstić information content (AvgIpc) is 2.72. The van der Waals surface area contributed by atoms with Crippen molar-refractivity contribution in [2.75, 3.05) is 6.54 Å². The molecule has 0 unspecified atom stereocenters. The van der Waals surface area contributed by atoms with Gasteiger partial charge in [0.1, 0.15) is 24.2 Å². The van der Waals surface area contributed by atoms with E-state index in [-0.39, 0.29) is 22.3 Å². The molecule has 0 aliphatic carbocycles. The number of nitrogens with zero attached hydrogens (tertiary/aromatic N) is 2. The fourth-order valence-electron chi connectivity index (χ4n) is 3.45. The zero-order valence-electron chi connectivity index (χ0n) is 18.4. The highest BCUT2D eigenvalue weighted by atomic mass is 16.4. The molecule has 0 radical (unpaired) electrons. The van der Waals surface area contributed by atoms with Gasteiger partial charge in [0.2, 0.25) is 5.88 Å². The summed E-state index contributed by atoms with van der Waals surface area (Å²) in [7, 11) is 0. The predicted molar refractivity (Wildman–Crippen MR) is 117 cm³/mol. The van der Waals surface area contributed by atoms with Crippen LogP contribution in [0.3, 0.4) is 0 Å². The number of rotatable bonds is 8. The number of carbonyl (C=O) groups is 6. The Morgan fingerprint density at radius 2 is 1.49 bits per heavy atom. The van der Waals surface area contributed by atoms with Crippen molar-refractivity contribution in [2.45, 2.75) is 20.4 Å². The third kappa shape index (κ3) is 5.00. The zero-order valence-corrected chi connectivity index (χ0v) is 18.4. The molecule has 1 aliphatic rings. The summed E-state index contributed by atoms with van der Waals surface area (Å²) in [5.74, 6) is -8.51. The van der Waals surface area contributed by atoms with E-state index in [4.69, 9.17) is 21.7 Å². The normalized spacial score (nSPS) is 15.3. The van der Waals surface area contributed by atoms with Gasteiger partial charge in [-0.2, -0.15) is 0 Å². The molecule has 2 rings (SSSR count). The van der Waals surface area contributed by atoms with E-state index in [0.717, 1.165) is 18.2 Å². The van der Waals surface area contributed by atoms with Gasteiger partial charge in [-0.25, -0.2) is 0 Å². The number of aromatic hydroxyl groups is 1. The van der Waals surface area contributed by atoms with E-state index in [1.807, 2.05) is 0 Å². The van der Waals surface area contributed by atoms with Crippen LogP contribution in [0.2, 0.25) is 0 Å². The fraction of sp³-hybridized carbons (Fsp3) is 0.190. The van der Waals surface area contributed by atoms with Crippen molar-refractivity contribution in [3.8, 4) is 5.88 Å². The molecule has 35 heavy (non-hydrogen) atoms. The summed E-state index contributed by atoms with van der Waals surface area (Å²) in [6.07, 6.45) is 3.26. The molecule has 7 N–H and O–H groups in total. The van der Waals surface area contributed by atoms with Crippen LogP contribution in [0.4, 0.5) is 0 Å². The molecule has 4 amide bonds. The summed E-state index contributed by atoms with van der Waals surface area (Å²) in [4.78, 5) is 83.9. The minimum atomic E-state index is -1.53. The van der Waals surface area contributed by atoms with Crippen LogP contribution >= 0.6 is 0 Å². The maximum absolute atomic E-state index is 12.7. The van der Waals surface area contributed by atoms with Gasteiger partial charge in [0, 0.05) is 11.1 Å². The van der Waals surface area contributed by atoms with Crippen LogP contribution in [-0.2, 0) is 30.5 Å². The van der Waals surface area contributed by atoms with Crippen molar-refractivity contribution >= 4 is 41.6 Å². The van der Waals surface area contributed by atoms with E-state index in [1.54, 1.807) is 0 Å². The Bertz CT molecular complexity index is 1350. The number of hydrogen-bond donors (Lipinski definition) is 5. The molecule has 0 spiro atoms. The van der Waals surface area contributed by atoms with E-state index >= 15 is 0 Å². The van der Waals surface area contributed by atoms with Crippen molar-refractivity contribution in [2.24, 2.45) is 11.5 Å². The first-order valence-electron chi connectivity index (χ1n) is 9.66. The number of carbonyl (C=O) groups excluding carboxylic acids is 4. The lowest BCUT2D eigenvalue weighted by Crippen LogP contribution is -2.47. The second-order valence-electron chi connectivity index (χ2n) is 7.28. The van der Waals surface area contributed by atoms with Crippen LogP contribution in [0, 0.1) is 6.92 Å². The SMILES string of the molecule is CC1=C(C(N)=O)C(=O)N(CC(=O)O)C(=O)C1=CC=Cc1c(C)c(C(N)=O)c(O)n(CC(=O)O)c1=O. The maximum atomic E-state index is 12.7. The molecule has 184 valence electrons. The second kappa shape index (κ2) is 9.86. The molecule has 0 fully saturated rings. The highest BCUT2D eigenvalue weighted by molar-refractivity contribution is 6.28. The molecule has 14 heteroatoms. The number of nitrogens with two attached hydrogens (primary N) is 2. The van der Waals surface area contributed by atoms with E-state index in [9.17, 15) is 38.7 Å². The molecule has 0 bridgehead atoms. The molecule has 0 aromatic carbocycles. The van der Waals surface area contributed by atoms with Gasteiger partial charge in [-0.3, -0.25) is 43.0 Å². The van der Waals surface area contributed by atoms with Gasteiger partial charge in [0.25, 0.3) is 29.2 Å². The topological polar surface area (TPSA) is 240 Å². The quantitative estimate of drug-likeness (QED) is 0.157. The zero-order chi connectivity index (χ0) is 26.8. The molecule has 0 saturated heterocycles. The number of aromatic nitrogens is 1. The van der Waals surface area contributed by atoms with Gasteiger partial charge >= 0.3 is 11.9 Å². The number of allylic oxidation sites excluding steroid dienone is 2. The number of aliphatic carboxylic acids is 2. The number of hydrogen-bond acceptors (Lipinski definition) is 8. The Morgan fingerprint density at radius 1 is 0.914 bits per heavy atom. The summed E-state index contributed by atoms with van der Waals surface area (Å²) >= 11 is 0. The van der Waals surface area contributed by atoms with Gasteiger partial charge in [-0.05, 0) is 37.1 Å². The molecule has 1 aromatic heterocycles. The van der Waals surface area contributed by atoms with Gasteiger partial charge in [-0.15, -0.1) is 0 Å². The lowest BCUT2D eigenvalue weighted by Gasteiger charge is -2.27. The highest BCUT2D eigenvalue weighted by Gasteiger charge is 2.38. The first-order chi connectivity index (χ1) is 16.2. The van der Waals surface area contributed by atoms with E-state index in [2.05, 4.69) is 0 Å². The molecule has 14 nitrogen and oxygen atoms in total. The van der Waals surface area contributed by atoms with Crippen molar-refractivity contribution in [3.05, 3.63) is 55.9 Å². The van der Waals surface area contributed by atoms with E-state index < -0.39 is 71.2 Å². The van der Waals surface area contributed by atoms with Crippen molar-refractivity contribution < 1.29 is 44.1 Å². The van der Waals surface area contributed by atoms with Crippen LogP contribution in [0.15, 0.2) is 33.7 Å². The first kappa shape index (κ1) is 26.2. The summed E-state index contributed by atoms with van der Waals surface area (Å²) in [5, 5.41) is 28.2. The van der Waals surface area contributed by atoms with Gasteiger partial charge < -0.3 is 26.8 Å². The summed E-state index contributed by atoms with van der Waals surface area (Å²) in [6, 6.07) is 0. The Labute approximate surface area is 196 Å². The second-order valence-corrected chi connectivity index (χ2v) is 7.28. The van der Waals surface area contributed by atoms with Gasteiger partial charge in [-0.1, -0.05) is 6.08 Å². The Balaban J connectivity index is 2.72. The Morgan fingerprint density at radius 3 is 1.97 bits per heavy atom. The molecule has 1 aromatic rings. The Hall–Kier alpha value is -5.01. The van der Waals surface area contributed by atoms with Crippen LogP contribution in [-0.4, -0.2) is 66.9 Å². The standard InChI is InChI=1S/C21H20N4O10/c1-8-10(18(32)24(6-12(26)27)20(34)14(8)16(22)30)4-3-5-11-9(2)15(17(23)31)21(35)25(19(11)33)7-13(28)29/h3-5,34H,6-7H2,1-2H3,(H2,22,30)(H2,23,31)(H,26,27)(H,28,29). The number of pyridine rings is 1. The summed E-state index contributed by atoms with van der Waals surface area (Å²) in [6.45, 7) is 0.489. The highest BCUT2D eigenvalue weighted by Crippen LogP contribution is 2.26. The maximum Gasteiger partial charge on any atom is 0.323 e. The molecular weight excluding hydrogens is 468 g/mol. The number of carboxylic acid groups (broad SMARTS) is 2. The largest absolute Gasteiger partial charge is 0.494 e. The first-order valence-corrected chi connectivity index (χ1v) is 9.66. The van der Waals surface area contributed by atoms with Crippen LogP contribution in [0.25, 0.3) is 6.08 Å². The smallest absolute Gasteiger partial charge is 0.323 e. The van der Waals surface area contributed by atoms with Crippen LogP contribution < -0.4 is 17.0 Å². The number of imide groups is 1. The third-order valence-electron chi connectivity index (χ3n) is 5.05. The van der Waals surface area contributed by atoms with Crippen LogP contribution in [0.1, 0.15) is 28.4 Å². The number of primary amides is 2. The molecule has 2 heterocycles. The fourth-order valence-corrected chi connectivity index (χ4v) is 3.45. The van der Waals surface area contributed by atoms with E-state index in [1.165, 1.54) is 13.8 Å².